The molecule has 0 fully saturated rings. The van der Waals surface area contributed by atoms with E-state index in [0.29, 0.717) is 4.47 Å². The highest BCUT2D eigenvalue weighted by molar-refractivity contribution is 9.10. The molecule has 1 N–H and O–H groups in total. The highest BCUT2D eigenvalue weighted by atomic mass is 79.9. The Morgan fingerprint density at radius 2 is 1.70 bits per heavy atom. The predicted molar refractivity (Wildman–Crippen MR) is 73.9 cm³/mol. The maximum Gasteiger partial charge on any atom is 0.137 e. The largest absolute Gasteiger partial charge is 0.392 e. The van der Waals surface area contributed by atoms with Crippen LogP contribution in [0, 0.1) is 17.5 Å². The maximum absolute atomic E-state index is 13.5. The second-order valence-corrected chi connectivity index (χ2v) is 5.40. The molecule has 0 aliphatic heterocycles. The van der Waals surface area contributed by atoms with Crippen LogP contribution in [0.25, 0.3) is 0 Å². The predicted octanol–water partition coefficient (Wildman–Crippen LogP) is 4.01. The van der Waals surface area contributed by atoms with Crippen molar-refractivity contribution in [2.24, 2.45) is 0 Å². The van der Waals surface area contributed by atoms with Crippen LogP contribution in [0.1, 0.15) is 11.1 Å². The Balaban J connectivity index is 2.04. The zero-order chi connectivity index (χ0) is 14.7. The van der Waals surface area contributed by atoms with E-state index in [1.165, 1.54) is 12.1 Å². The third-order valence-electron chi connectivity index (χ3n) is 2.93. The van der Waals surface area contributed by atoms with E-state index in [1.807, 2.05) is 0 Å². The molecule has 2 aromatic rings. The van der Waals surface area contributed by atoms with E-state index in [9.17, 15) is 18.3 Å². The van der Waals surface area contributed by atoms with Crippen molar-refractivity contribution in [2.45, 2.75) is 18.9 Å². The third kappa shape index (κ3) is 3.84. The molecule has 5 heteroatoms. The van der Waals surface area contributed by atoms with Gasteiger partial charge in [-0.05, 0) is 51.7 Å². The second-order valence-electron chi connectivity index (χ2n) is 4.55. The molecule has 1 atom stereocenters. The molecule has 2 rings (SSSR count). The van der Waals surface area contributed by atoms with Crippen LogP contribution in [0.4, 0.5) is 13.2 Å². The van der Waals surface area contributed by atoms with Crippen LogP contribution >= 0.6 is 15.9 Å². The normalized spacial score (nSPS) is 12.4. The van der Waals surface area contributed by atoms with Gasteiger partial charge >= 0.3 is 0 Å². The molecule has 1 nitrogen and oxygen atoms in total. The summed E-state index contributed by atoms with van der Waals surface area (Å²) in [7, 11) is 0. The first-order valence-corrected chi connectivity index (χ1v) is 6.81. The summed E-state index contributed by atoms with van der Waals surface area (Å²) in [6.45, 7) is 0. The molecule has 106 valence electrons. The Bertz CT molecular complexity index is 616. The van der Waals surface area contributed by atoms with E-state index in [-0.39, 0.29) is 24.2 Å². The van der Waals surface area contributed by atoms with E-state index in [1.54, 1.807) is 12.1 Å². The summed E-state index contributed by atoms with van der Waals surface area (Å²) >= 11 is 3.06. The monoisotopic (exact) mass is 344 g/mol. The standard InChI is InChI=1S/C15H12BrF3O/c16-13-6-9(1-4-14(13)18)5-12(20)7-10-2-3-11(17)8-15(10)19/h1-4,6,8,12,20H,5,7H2. The lowest BCUT2D eigenvalue weighted by molar-refractivity contribution is 0.174. The first-order chi connectivity index (χ1) is 9.45. The minimum Gasteiger partial charge on any atom is -0.392 e. The van der Waals surface area contributed by atoms with Crippen LogP contribution < -0.4 is 0 Å². The Kier molecular flexibility index (Phi) is 4.83. The van der Waals surface area contributed by atoms with Crippen molar-refractivity contribution in [1.29, 1.82) is 0 Å². The summed E-state index contributed by atoms with van der Waals surface area (Å²) in [5, 5.41) is 9.94. The topological polar surface area (TPSA) is 20.2 Å². The van der Waals surface area contributed by atoms with Gasteiger partial charge in [-0.2, -0.15) is 0 Å². The third-order valence-corrected chi connectivity index (χ3v) is 3.53. The number of hydrogen-bond acceptors (Lipinski definition) is 1. The molecule has 0 aromatic heterocycles. The zero-order valence-electron chi connectivity index (χ0n) is 10.4. The van der Waals surface area contributed by atoms with E-state index in [0.717, 1.165) is 17.7 Å². The average molecular weight is 345 g/mol. The Morgan fingerprint density at radius 1 is 0.950 bits per heavy atom. The first kappa shape index (κ1) is 15.1. The average Bonchev–Trinajstić information content (AvgIpc) is 2.37. The fourth-order valence-electron chi connectivity index (χ4n) is 1.95. The van der Waals surface area contributed by atoms with Crippen molar-refractivity contribution in [3.05, 3.63) is 69.4 Å². The molecule has 2 aromatic carbocycles. The number of aliphatic hydroxyl groups is 1. The van der Waals surface area contributed by atoms with Crippen LogP contribution in [-0.2, 0) is 12.8 Å². The Labute approximate surface area is 123 Å². The summed E-state index contributed by atoms with van der Waals surface area (Å²) in [5.41, 5.74) is 0.980. The fourth-order valence-corrected chi connectivity index (χ4v) is 2.38. The number of rotatable bonds is 4. The van der Waals surface area contributed by atoms with Crippen molar-refractivity contribution >= 4 is 15.9 Å². The van der Waals surface area contributed by atoms with Gasteiger partial charge in [-0.3, -0.25) is 0 Å². The maximum atomic E-state index is 13.5. The van der Waals surface area contributed by atoms with Gasteiger partial charge < -0.3 is 5.11 Å². The van der Waals surface area contributed by atoms with E-state index in [4.69, 9.17) is 0 Å². The van der Waals surface area contributed by atoms with Crippen molar-refractivity contribution in [2.75, 3.05) is 0 Å². The van der Waals surface area contributed by atoms with Gasteiger partial charge in [0.2, 0.25) is 0 Å². The van der Waals surface area contributed by atoms with E-state index < -0.39 is 17.7 Å². The lowest BCUT2D eigenvalue weighted by atomic mass is 10.0. The summed E-state index contributed by atoms with van der Waals surface area (Å²) in [4.78, 5) is 0. The smallest absolute Gasteiger partial charge is 0.137 e. The molecule has 0 saturated heterocycles. The van der Waals surface area contributed by atoms with Crippen molar-refractivity contribution < 1.29 is 18.3 Å². The van der Waals surface area contributed by atoms with Gasteiger partial charge in [-0.15, -0.1) is 0 Å². The SMILES string of the molecule is OC(Cc1ccc(F)c(Br)c1)Cc1ccc(F)cc1F. The number of halogens is 4. The van der Waals surface area contributed by atoms with Crippen LogP contribution in [0.5, 0.6) is 0 Å². The zero-order valence-corrected chi connectivity index (χ0v) is 12.0. The highest BCUT2D eigenvalue weighted by Gasteiger charge is 2.12. The molecule has 0 heterocycles. The number of benzene rings is 2. The van der Waals surface area contributed by atoms with E-state index in [2.05, 4.69) is 15.9 Å². The van der Waals surface area contributed by atoms with Gasteiger partial charge in [0.25, 0.3) is 0 Å². The molecule has 0 saturated carbocycles. The molecule has 0 aliphatic rings. The van der Waals surface area contributed by atoms with Crippen molar-refractivity contribution in [3.63, 3.8) is 0 Å². The lowest BCUT2D eigenvalue weighted by Crippen LogP contribution is -2.15. The first-order valence-electron chi connectivity index (χ1n) is 6.01. The molecular weight excluding hydrogens is 333 g/mol. The summed E-state index contributed by atoms with van der Waals surface area (Å²) in [5.74, 6) is -1.71. The number of hydrogen-bond donors (Lipinski definition) is 1. The van der Waals surface area contributed by atoms with Gasteiger partial charge in [0, 0.05) is 12.5 Å². The summed E-state index contributed by atoms with van der Waals surface area (Å²) in [6.07, 6.45) is -0.496. The van der Waals surface area contributed by atoms with E-state index >= 15 is 0 Å². The lowest BCUT2D eigenvalue weighted by Gasteiger charge is -2.12. The molecule has 0 spiro atoms. The van der Waals surface area contributed by atoms with Gasteiger partial charge in [-0.1, -0.05) is 12.1 Å². The molecule has 1 unspecified atom stereocenters. The van der Waals surface area contributed by atoms with Crippen molar-refractivity contribution in [1.82, 2.24) is 0 Å². The molecule has 0 amide bonds. The van der Waals surface area contributed by atoms with Crippen LogP contribution in [0.3, 0.4) is 0 Å². The highest BCUT2D eigenvalue weighted by Crippen LogP contribution is 2.19. The van der Waals surface area contributed by atoms with Gasteiger partial charge in [0.1, 0.15) is 17.5 Å². The minimum absolute atomic E-state index is 0.0705. The molecule has 0 bridgehead atoms. The second kappa shape index (κ2) is 6.41. The van der Waals surface area contributed by atoms with Gasteiger partial charge in [-0.25, -0.2) is 13.2 Å². The molecule has 0 aliphatic carbocycles. The van der Waals surface area contributed by atoms with Crippen LogP contribution in [0.15, 0.2) is 40.9 Å². The summed E-state index contributed by atoms with van der Waals surface area (Å²) < 4.78 is 39.6. The molecular formula is C15H12BrF3O. The molecule has 20 heavy (non-hydrogen) atoms. The molecule has 0 radical (unpaired) electrons. The minimum atomic E-state index is -0.827. The Morgan fingerprint density at radius 3 is 2.35 bits per heavy atom. The van der Waals surface area contributed by atoms with Crippen LogP contribution in [0.2, 0.25) is 0 Å². The quantitative estimate of drug-likeness (QED) is 0.888. The van der Waals surface area contributed by atoms with Gasteiger partial charge in [0.15, 0.2) is 0 Å². The fraction of sp³-hybridized carbons (Fsp3) is 0.200. The van der Waals surface area contributed by atoms with Crippen molar-refractivity contribution in [3.8, 4) is 0 Å². The number of aliphatic hydroxyl groups excluding tert-OH is 1. The summed E-state index contributed by atoms with van der Waals surface area (Å²) in [6, 6.07) is 7.68. The Hall–Kier alpha value is -1.33. The van der Waals surface area contributed by atoms with Gasteiger partial charge in [0.05, 0.1) is 10.6 Å². The van der Waals surface area contributed by atoms with Crippen LogP contribution in [-0.4, -0.2) is 11.2 Å².